The van der Waals surface area contributed by atoms with Gasteiger partial charge in [-0.1, -0.05) is 11.8 Å². The molecule has 0 amide bonds. The second kappa shape index (κ2) is 8.79. The summed E-state index contributed by atoms with van der Waals surface area (Å²) in [4.78, 5) is 0. The van der Waals surface area contributed by atoms with E-state index in [9.17, 15) is 4.39 Å². The summed E-state index contributed by atoms with van der Waals surface area (Å²) in [5.74, 6) is 6.42. The first kappa shape index (κ1) is 15.8. The number of ether oxygens (including phenoxy) is 2. The molecule has 0 bridgehead atoms. The number of hydrogen-bond donors (Lipinski definition) is 0. The lowest BCUT2D eigenvalue weighted by molar-refractivity contribution is 0.0552. The first-order chi connectivity index (χ1) is 9.13. The highest BCUT2D eigenvalue weighted by Gasteiger charge is 2.03. The summed E-state index contributed by atoms with van der Waals surface area (Å²) < 4.78 is 24.1. The van der Waals surface area contributed by atoms with E-state index in [-0.39, 0.29) is 11.9 Å². The van der Waals surface area contributed by atoms with Crippen molar-refractivity contribution >= 4 is 11.6 Å². The maximum atomic E-state index is 13.2. The fourth-order valence-corrected chi connectivity index (χ4v) is 1.46. The van der Waals surface area contributed by atoms with E-state index in [1.807, 2.05) is 13.8 Å². The number of benzene rings is 1. The Labute approximate surface area is 118 Å². The lowest BCUT2D eigenvalue weighted by Gasteiger charge is -2.10. The van der Waals surface area contributed by atoms with Crippen LogP contribution < -0.4 is 4.74 Å². The highest BCUT2D eigenvalue weighted by Crippen LogP contribution is 2.18. The van der Waals surface area contributed by atoms with Crippen LogP contribution in [0.25, 0.3) is 0 Å². The summed E-state index contributed by atoms with van der Waals surface area (Å²) in [5, 5.41) is 0. The lowest BCUT2D eigenvalue weighted by Crippen LogP contribution is -2.11. The zero-order valence-corrected chi connectivity index (χ0v) is 12.0. The molecule has 0 heterocycles. The van der Waals surface area contributed by atoms with Crippen LogP contribution in [0.15, 0.2) is 18.2 Å². The van der Waals surface area contributed by atoms with E-state index in [0.29, 0.717) is 36.8 Å². The minimum absolute atomic E-state index is 0.166. The number of rotatable bonds is 6. The minimum Gasteiger partial charge on any atom is -0.490 e. The zero-order chi connectivity index (χ0) is 14.1. The van der Waals surface area contributed by atoms with Crippen molar-refractivity contribution in [1.82, 2.24) is 0 Å². The fraction of sp³-hybridized carbons (Fsp3) is 0.467. The van der Waals surface area contributed by atoms with Crippen LogP contribution in [0.3, 0.4) is 0 Å². The monoisotopic (exact) mass is 284 g/mol. The molecule has 0 saturated heterocycles. The molecule has 104 valence electrons. The molecule has 4 heteroatoms. The topological polar surface area (TPSA) is 18.5 Å². The van der Waals surface area contributed by atoms with Gasteiger partial charge in [0.15, 0.2) is 0 Å². The van der Waals surface area contributed by atoms with E-state index >= 15 is 0 Å². The minimum atomic E-state index is -0.332. The molecule has 0 fully saturated rings. The van der Waals surface area contributed by atoms with Crippen molar-refractivity contribution in [3.63, 3.8) is 0 Å². The van der Waals surface area contributed by atoms with Crippen LogP contribution in [0.2, 0.25) is 0 Å². The highest BCUT2D eigenvalue weighted by atomic mass is 35.5. The molecule has 0 unspecified atom stereocenters. The van der Waals surface area contributed by atoms with Gasteiger partial charge in [0.25, 0.3) is 0 Å². The van der Waals surface area contributed by atoms with Crippen LogP contribution in [0, 0.1) is 17.7 Å². The van der Waals surface area contributed by atoms with Crippen molar-refractivity contribution in [3.05, 3.63) is 29.6 Å². The van der Waals surface area contributed by atoms with Crippen molar-refractivity contribution in [3.8, 4) is 17.6 Å². The SMILES string of the molecule is CC(C)OCCOc1ccc(F)cc1C#CCCCl. The molecule has 1 aromatic rings. The van der Waals surface area contributed by atoms with Gasteiger partial charge in [-0.15, -0.1) is 11.6 Å². The normalized spacial score (nSPS) is 10.2. The molecule has 1 aromatic carbocycles. The van der Waals surface area contributed by atoms with E-state index in [1.54, 1.807) is 6.07 Å². The van der Waals surface area contributed by atoms with Crippen LogP contribution in [-0.2, 0) is 4.74 Å². The standard InChI is InChI=1S/C15H18ClFO2/c1-12(2)18-9-10-19-15-7-6-14(17)11-13(15)5-3-4-8-16/h6-7,11-12H,4,8-10H2,1-2H3. The highest BCUT2D eigenvalue weighted by molar-refractivity contribution is 6.18. The molecule has 0 spiro atoms. The molecule has 0 aliphatic carbocycles. The van der Waals surface area contributed by atoms with Gasteiger partial charge in [-0.05, 0) is 32.0 Å². The third kappa shape index (κ3) is 6.47. The van der Waals surface area contributed by atoms with E-state index in [4.69, 9.17) is 21.1 Å². The first-order valence-electron chi connectivity index (χ1n) is 6.22. The Bertz CT molecular complexity index is 449. The number of halogens is 2. The molecular formula is C15H18ClFO2. The Morgan fingerprint density at radius 1 is 1.32 bits per heavy atom. The van der Waals surface area contributed by atoms with Crippen molar-refractivity contribution in [1.29, 1.82) is 0 Å². The van der Waals surface area contributed by atoms with Crippen molar-refractivity contribution in [2.75, 3.05) is 19.1 Å². The smallest absolute Gasteiger partial charge is 0.135 e. The lowest BCUT2D eigenvalue weighted by atomic mass is 10.2. The largest absolute Gasteiger partial charge is 0.490 e. The summed E-state index contributed by atoms with van der Waals surface area (Å²) in [7, 11) is 0. The van der Waals surface area contributed by atoms with Crippen LogP contribution in [-0.4, -0.2) is 25.2 Å². The molecule has 0 N–H and O–H groups in total. The Balaban J connectivity index is 2.64. The molecule has 1 rings (SSSR count). The molecular weight excluding hydrogens is 267 g/mol. The average Bonchev–Trinajstić information content (AvgIpc) is 2.36. The number of alkyl halides is 1. The van der Waals surface area contributed by atoms with E-state index < -0.39 is 0 Å². The Morgan fingerprint density at radius 3 is 2.79 bits per heavy atom. The van der Waals surface area contributed by atoms with Gasteiger partial charge in [-0.25, -0.2) is 4.39 Å². The second-order valence-electron chi connectivity index (χ2n) is 4.15. The van der Waals surface area contributed by atoms with Gasteiger partial charge in [0.05, 0.1) is 18.3 Å². The first-order valence-corrected chi connectivity index (χ1v) is 6.75. The third-order valence-corrected chi connectivity index (χ3v) is 2.37. The predicted molar refractivity (Wildman–Crippen MR) is 75.2 cm³/mol. The van der Waals surface area contributed by atoms with Gasteiger partial charge in [-0.2, -0.15) is 0 Å². The van der Waals surface area contributed by atoms with Crippen molar-refractivity contribution in [2.45, 2.75) is 26.4 Å². The quantitative estimate of drug-likeness (QED) is 0.451. The van der Waals surface area contributed by atoms with Gasteiger partial charge in [-0.3, -0.25) is 0 Å². The summed E-state index contributed by atoms with van der Waals surface area (Å²) in [5.41, 5.74) is 0.537. The Hall–Kier alpha value is -1.24. The van der Waals surface area contributed by atoms with Crippen molar-refractivity contribution < 1.29 is 13.9 Å². The molecule has 19 heavy (non-hydrogen) atoms. The van der Waals surface area contributed by atoms with Crippen LogP contribution in [0.1, 0.15) is 25.8 Å². The van der Waals surface area contributed by atoms with Crippen molar-refractivity contribution in [2.24, 2.45) is 0 Å². The molecule has 0 radical (unpaired) electrons. The number of hydrogen-bond acceptors (Lipinski definition) is 2. The molecule has 0 aromatic heterocycles. The maximum Gasteiger partial charge on any atom is 0.135 e. The molecule has 0 saturated carbocycles. The summed E-state index contributed by atoms with van der Waals surface area (Å²) in [6, 6.07) is 4.29. The summed E-state index contributed by atoms with van der Waals surface area (Å²) >= 11 is 5.55. The predicted octanol–water partition coefficient (Wildman–Crippen LogP) is 3.61. The summed E-state index contributed by atoms with van der Waals surface area (Å²) in [6.45, 7) is 4.82. The molecule has 0 aliphatic heterocycles. The van der Waals surface area contributed by atoms with Gasteiger partial charge in [0.2, 0.25) is 0 Å². The third-order valence-electron chi connectivity index (χ3n) is 2.18. The molecule has 2 nitrogen and oxygen atoms in total. The van der Waals surface area contributed by atoms with Crippen LogP contribution in [0.5, 0.6) is 5.75 Å². The second-order valence-corrected chi connectivity index (χ2v) is 4.53. The van der Waals surface area contributed by atoms with E-state index in [1.165, 1.54) is 12.1 Å². The van der Waals surface area contributed by atoms with Gasteiger partial charge in [0, 0.05) is 12.3 Å². The summed E-state index contributed by atoms with van der Waals surface area (Å²) in [6.07, 6.45) is 0.730. The Kier molecular flexibility index (Phi) is 7.32. The van der Waals surface area contributed by atoms with Crippen LogP contribution in [0.4, 0.5) is 4.39 Å². The average molecular weight is 285 g/mol. The van der Waals surface area contributed by atoms with Gasteiger partial charge < -0.3 is 9.47 Å². The Morgan fingerprint density at radius 2 is 2.11 bits per heavy atom. The molecule has 0 atom stereocenters. The maximum absolute atomic E-state index is 13.2. The zero-order valence-electron chi connectivity index (χ0n) is 11.2. The fourth-order valence-electron chi connectivity index (χ4n) is 1.37. The van der Waals surface area contributed by atoms with Gasteiger partial charge in [0.1, 0.15) is 18.2 Å². The van der Waals surface area contributed by atoms with E-state index in [2.05, 4.69) is 11.8 Å². The van der Waals surface area contributed by atoms with E-state index in [0.717, 1.165) is 0 Å². The molecule has 0 aliphatic rings. The van der Waals surface area contributed by atoms with Gasteiger partial charge >= 0.3 is 0 Å². The van der Waals surface area contributed by atoms with Crippen LogP contribution >= 0.6 is 11.6 Å².